The highest BCUT2D eigenvalue weighted by Gasteiger charge is 2.43. The second-order valence-electron chi connectivity index (χ2n) is 9.79. The lowest BCUT2D eigenvalue weighted by molar-refractivity contribution is 0.0149. The van der Waals surface area contributed by atoms with Crippen molar-refractivity contribution in [3.8, 4) is 23.0 Å². The van der Waals surface area contributed by atoms with Gasteiger partial charge in [0.05, 0.1) is 26.8 Å². The maximum atomic E-state index is 12.7. The number of amides is 1. The average molecular weight is 491 g/mol. The van der Waals surface area contributed by atoms with Gasteiger partial charge < -0.3 is 23.5 Å². The molecule has 1 atom stereocenters. The summed E-state index contributed by atoms with van der Waals surface area (Å²) >= 11 is 0. The van der Waals surface area contributed by atoms with Crippen LogP contribution in [-0.4, -0.2) is 77.5 Å². The smallest absolute Gasteiger partial charge is 0.311 e. The van der Waals surface area contributed by atoms with Crippen molar-refractivity contribution < 1.29 is 23.4 Å². The van der Waals surface area contributed by atoms with Crippen LogP contribution in [0.1, 0.15) is 35.5 Å². The van der Waals surface area contributed by atoms with Gasteiger partial charge in [-0.15, -0.1) is 10.2 Å². The largest absolute Gasteiger partial charge is 0.497 e. The molecule has 0 radical (unpaired) electrons. The molecule has 9 nitrogen and oxygen atoms in total. The number of rotatable bonds is 7. The first kappa shape index (κ1) is 23.0. The van der Waals surface area contributed by atoms with E-state index in [1.807, 2.05) is 24.3 Å². The molecule has 1 aromatic heterocycles. The minimum absolute atomic E-state index is 0.0176. The van der Waals surface area contributed by atoms with Crippen LogP contribution in [0.3, 0.4) is 0 Å². The van der Waals surface area contributed by atoms with Gasteiger partial charge in [0.2, 0.25) is 5.89 Å². The Bertz CT molecular complexity index is 1190. The average Bonchev–Trinajstić information content (AvgIpc) is 3.65. The third kappa shape index (κ3) is 4.44. The molecule has 36 heavy (non-hydrogen) atoms. The van der Waals surface area contributed by atoms with Crippen molar-refractivity contribution in [1.29, 1.82) is 0 Å². The van der Waals surface area contributed by atoms with Gasteiger partial charge in [0.25, 0.3) is 0 Å². The van der Waals surface area contributed by atoms with E-state index in [4.69, 9.17) is 18.6 Å². The van der Waals surface area contributed by atoms with Crippen molar-refractivity contribution in [3.63, 3.8) is 0 Å². The highest BCUT2D eigenvalue weighted by molar-refractivity contribution is 5.90. The summed E-state index contributed by atoms with van der Waals surface area (Å²) in [5.74, 6) is 1.55. The predicted molar refractivity (Wildman–Crippen MR) is 131 cm³/mol. The third-order valence-corrected chi connectivity index (χ3v) is 7.50. The number of nitrogens with zero attached hydrogens (tertiary/aromatic N) is 4. The first-order valence-corrected chi connectivity index (χ1v) is 12.5. The molecule has 2 aromatic carbocycles. The van der Waals surface area contributed by atoms with Gasteiger partial charge in [-0.1, -0.05) is 12.1 Å². The van der Waals surface area contributed by atoms with E-state index in [1.165, 1.54) is 18.4 Å². The normalized spacial score (nSPS) is 22.2. The number of carbonyl (C=O) groups excluding carboxylic acids is 1. The number of benzene rings is 2. The molecule has 0 aliphatic carbocycles. The Labute approximate surface area is 209 Å². The number of hydrogen-bond donors (Lipinski definition) is 0. The molecule has 3 aliphatic heterocycles. The molecule has 0 saturated carbocycles. The van der Waals surface area contributed by atoms with Crippen LogP contribution in [0.15, 0.2) is 52.9 Å². The molecule has 6 rings (SSSR count). The van der Waals surface area contributed by atoms with Crippen LogP contribution >= 0.6 is 0 Å². The Morgan fingerprint density at radius 1 is 1.06 bits per heavy atom. The molecule has 0 N–H and O–H groups in total. The fourth-order valence-electron chi connectivity index (χ4n) is 5.34. The number of ether oxygens (including phenoxy) is 3. The van der Waals surface area contributed by atoms with Crippen molar-refractivity contribution in [2.75, 3.05) is 40.0 Å². The zero-order chi connectivity index (χ0) is 24.5. The zero-order valence-electron chi connectivity index (χ0n) is 20.4. The predicted octanol–water partition coefficient (Wildman–Crippen LogP) is 3.40. The number of methoxy groups -OCH3 is 1. The highest BCUT2D eigenvalue weighted by atomic mass is 16.5. The van der Waals surface area contributed by atoms with E-state index in [1.54, 1.807) is 24.1 Å². The Hall–Kier alpha value is -3.43. The fourth-order valence-corrected chi connectivity index (χ4v) is 5.34. The molecule has 1 amide bonds. The minimum Gasteiger partial charge on any atom is -0.497 e. The molecule has 0 bridgehead atoms. The number of aromatic nitrogens is 2. The van der Waals surface area contributed by atoms with Gasteiger partial charge in [-0.05, 0) is 67.8 Å². The van der Waals surface area contributed by atoms with E-state index in [-0.39, 0.29) is 23.4 Å². The van der Waals surface area contributed by atoms with Crippen LogP contribution in [0.25, 0.3) is 11.5 Å². The first-order valence-electron chi connectivity index (χ1n) is 12.5. The SMILES string of the molecule is COc1ccc(-c2nnc(C(=O)N3CC(Oc4ccc(CN5CCC[C@@]56CCOC6)cc4)C3)o2)cc1. The Morgan fingerprint density at radius 2 is 1.83 bits per heavy atom. The van der Waals surface area contributed by atoms with Crippen molar-refractivity contribution in [1.82, 2.24) is 20.0 Å². The van der Waals surface area contributed by atoms with E-state index in [9.17, 15) is 4.79 Å². The quantitative estimate of drug-likeness (QED) is 0.498. The van der Waals surface area contributed by atoms with Crippen LogP contribution in [-0.2, 0) is 11.3 Å². The summed E-state index contributed by atoms with van der Waals surface area (Å²) in [5, 5.41) is 7.95. The van der Waals surface area contributed by atoms with Crippen LogP contribution in [0.2, 0.25) is 0 Å². The molecule has 3 aromatic rings. The topological polar surface area (TPSA) is 90.2 Å². The highest BCUT2D eigenvalue weighted by Crippen LogP contribution is 2.37. The van der Waals surface area contributed by atoms with Crippen molar-refractivity contribution >= 4 is 5.91 Å². The van der Waals surface area contributed by atoms with Gasteiger partial charge >= 0.3 is 11.8 Å². The van der Waals surface area contributed by atoms with E-state index in [0.29, 0.717) is 19.0 Å². The maximum absolute atomic E-state index is 12.7. The first-order chi connectivity index (χ1) is 17.6. The van der Waals surface area contributed by atoms with Gasteiger partial charge in [-0.2, -0.15) is 0 Å². The van der Waals surface area contributed by atoms with Gasteiger partial charge in [0, 0.05) is 24.3 Å². The lowest BCUT2D eigenvalue weighted by Crippen LogP contribution is -2.56. The number of hydrogen-bond acceptors (Lipinski definition) is 8. The van der Waals surface area contributed by atoms with E-state index < -0.39 is 0 Å². The summed E-state index contributed by atoms with van der Waals surface area (Å²) in [7, 11) is 1.61. The van der Waals surface area contributed by atoms with E-state index >= 15 is 0 Å². The zero-order valence-corrected chi connectivity index (χ0v) is 20.4. The molecule has 9 heteroatoms. The van der Waals surface area contributed by atoms with Crippen molar-refractivity contribution in [2.45, 2.75) is 37.5 Å². The number of carbonyl (C=O) groups is 1. The summed E-state index contributed by atoms with van der Waals surface area (Å²) in [6, 6.07) is 15.5. The lowest BCUT2D eigenvalue weighted by Gasteiger charge is -2.38. The van der Waals surface area contributed by atoms with Crippen LogP contribution < -0.4 is 9.47 Å². The minimum atomic E-state index is -0.284. The lowest BCUT2D eigenvalue weighted by atomic mass is 9.95. The standard InChI is InChI=1S/C27H30N4O5/c1-33-21-9-5-20(6-10-21)24-28-29-25(36-24)26(32)30-16-23(17-30)35-22-7-3-19(4-8-22)15-31-13-2-11-27(31)12-14-34-18-27/h3-10,23H,2,11-18H2,1H3/t27-/m0/s1. The molecule has 3 saturated heterocycles. The second-order valence-corrected chi connectivity index (χ2v) is 9.79. The van der Waals surface area contributed by atoms with Gasteiger partial charge in [0.15, 0.2) is 0 Å². The third-order valence-electron chi connectivity index (χ3n) is 7.50. The Kier molecular flexibility index (Phi) is 6.10. The molecule has 3 aliphatic rings. The maximum Gasteiger partial charge on any atom is 0.311 e. The Morgan fingerprint density at radius 3 is 2.56 bits per heavy atom. The number of likely N-dealkylation sites (tertiary alicyclic amines) is 2. The van der Waals surface area contributed by atoms with Crippen LogP contribution in [0.4, 0.5) is 0 Å². The van der Waals surface area contributed by atoms with Gasteiger partial charge in [-0.3, -0.25) is 9.69 Å². The molecule has 0 unspecified atom stereocenters. The van der Waals surface area contributed by atoms with Gasteiger partial charge in [0.1, 0.15) is 17.6 Å². The molecular formula is C27H30N4O5. The molecule has 188 valence electrons. The fraction of sp³-hybridized carbons (Fsp3) is 0.444. The summed E-state index contributed by atoms with van der Waals surface area (Å²) in [4.78, 5) is 17.0. The van der Waals surface area contributed by atoms with Crippen molar-refractivity contribution in [3.05, 3.63) is 60.0 Å². The molecule has 3 fully saturated rings. The molecule has 1 spiro atoms. The van der Waals surface area contributed by atoms with Crippen LogP contribution in [0.5, 0.6) is 11.5 Å². The van der Waals surface area contributed by atoms with Crippen molar-refractivity contribution in [2.24, 2.45) is 0 Å². The van der Waals surface area contributed by atoms with E-state index in [2.05, 4.69) is 27.2 Å². The summed E-state index contributed by atoms with van der Waals surface area (Å²) < 4.78 is 22.6. The van der Waals surface area contributed by atoms with Gasteiger partial charge in [-0.25, -0.2) is 0 Å². The van der Waals surface area contributed by atoms with Crippen LogP contribution in [0, 0.1) is 0 Å². The Balaban J connectivity index is 0.998. The van der Waals surface area contributed by atoms with E-state index in [0.717, 1.165) is 49.8 Å². The second kappa shape index (κ2) is 9.55. The monoisotopic (exact) mass is 490 g/mol. The summed E-state index contributed by atoms with van der Waals surface area (Å²) in [6.07, 6.45) is 3.56. The molecule has 4 heterocycles. The summed E-state index contributed by atoms with van der Waals surface area (Å²) in [5.41, 5.74) is 2.25. The summed E-state index contributed by atoms with van der Waals surface area (Å²) in [6.45, 7) is 4.78. The molecular weight excluding hydrogens is 460 g/mol.